The zero-order valence-corrected chi connectivity index (χ0v) is 11.8. The van der Waals surface area contributed by atoms with Crippen molar-refractivity contribution >= 4 is 22.7 Å². The summed E-state index contributed by atoms with van der Waals surface area (Å²) in [7, 11) is 0. The summed E-state index contributed by atoms with van der Waals surface area (Å²) in [5.74, 6) is 1.40. The van der Waals surface area contributed by atoms with Gasteiger partial charge in [0.2, 0.25) is 0 Å². The van der Waals surface area contributed by atoms with Crippen molar-refractivity contribution in [3.8, 4) is 5.69 Å². The highest BCUT2D eigenvalue weighted by molar-refractivity contribution is 7.99. The standard InChI is InChI=1S/C14H14N4OS/c1-10-16-17-14(20-9-8-19)18(10)12-6-2-4-11-5-3-7-15-13(11)12/h2-7,19H,8-9H2,1H3. The monoisotopic (exact) mass is 286 g/mol. The highest BCUT2D eigenvalue weighted by Crippen LogP contribution is 2.26. The minimum atomic E-state index is 0.115. The summed E-state index contributed by atoms with van der Waals surface area (Å²) in [5.41, 5.74) is 1.88. The number of benzene rings is 1. The Bertz CT molecular complexity index is 736. The molecule has 1 N–H and O–H groups in total. The maximum atomic E-state index is 8.98. The Kier molecular flexibility index (Phi) is 3.66. The van der Waals surface area contributed by atoms with Gasteiger partial charge in [0.1, 0.15) is 5.82 Å². The van der Waals surface area contributed by atoms with Gasteiger partial charge in [0, 0.05) is 17.3 Å². The summed E-state index contributed by atoms with van der Waals surface area (Å²) in [4.78, 5) is 4.46. The van der Waals surface area contributed by atoms with Crippen LogP contribution in [0.4, 0.5) is 0 Å². The lowest BCUT2D eigenvalue weighted by Gasteiger charge is -2.10. The SMILES string of the molecule is Cc1nnc(SCCO)n1-c1cccc2cccnc12. The summed E-state index contributed by atoms with van der Waals surface area (Å²) in [6.07, 6.45) is 1.78. The first-order valence-electron chi connectivity index (χ1n) is 6.31. The van der Waals surface area contributed by atoms with Gasteiger partial charge in [-0.2, -0.15) is 0 Å². The van der Waals surface area contributed by atoms with E-state index in [1.807, 2.05) is 41.8 Å². The molecule has 1 aromatic carbocycles. The molecule has 0 saturated heterocycles. The van der Waals surface area contributed by atoms with Crippen LogP contribution >= 0.6 is 11.8 Å². The van der Waals surface area contributed by atoms with Gasteiger partial charge >= 0.3 is 0 Å². The third-order valence-corrected chi connectivity index (χ3v) is 3.88. The van der Waals surface area contributed by atoms with Gasteiger partial charge in [-0.25, -0.2) is 0 Å². The van der Waals surface area contributed by atoms with Crippen molar-refractivity contribution in [3.63, 3.8) is 0 Å². The summed E-state index contributed by atoms with van der Waals surface area (Å²) < 4.78 is 1.98. The smallest absolute Gasteiger partial charge is 0.195 e. The number of aliphatic hydroxyl groups excluding tert-OH is 1. The predicted octanol–water partition coefficient (Wildman–Crippen LogP) is 2.21. The average molecular weight is 286 g/mol. The Morgan fingerprint density at radius 2 is 2.05 bits per heavy atom. The Labute approximate surface area is 120 Å². The second-order valence-electron chi connectivity index (χ2n) is 4.29. The number of rotatable bonds is 4. The molecule has 0 aliphatic rings. The molecule has 0 amide bonds. The van der Waals surface area contributed by atoms with Crippen LogP contribution in [0.3, 0.4) is 0 Å². The lowest BCUT2D eigenvalue weighted by atomic mass is 10.2. The molecule has 0 aliphatic carbocycles. The predicted molar refractivity (Wildman–Crippen MR) is 79.2 cm³/mol. The summed E-state index contributed by atoms with van der Waals surface area (Å²) in [6.45, 7) is 2.03. The molecule has 5 nitrogen and oxygen atoms in total. The molecule has 2 heterocycles. The molecule has 0 aliphatic heterocycles. The molecule has 102 valence electrons. The highest BCUT2D eigenvalue weighted by Gasteiger charge is 2.13. The van der Waals surface area contributed by atoms with Crippen molar-refractivity contribution in [1.82, 2.24) is 19.7 Å². The number of para-hydroxylation sites is 1. The van der Waals surface area contributed by atoms with Gasteiger partial charge in [0.15, 0.2) is 5.16 Å². The average Bonchev–Trinajstić information content (AvgIpc) is 2.85. The topological polar surface area (TPSA) is 63.8 Å². The van der Waals surface area contributed by atoms with Crippen LogP contribution in [-0.4, -0.2) is 37.2 Å². The normalized spacial score (nSPS) is 11.1. The van der Waals surface area contributed by atoms with E-state index in [9.17, 15) is 0 Å². The Morgan fingerprint density at radius 1 is 1.20 bits per heavy atom. The van der Waals surface area contributed by atoms with Gasteiger partial charge in [0.05, 0.1) is 17.8 Å². The second kappa shape index (κ2) is 5.60. The lowest BCUT2D eigenvalue weighted by molar-refractivity contribution is 0.322. The molecule has 0 unspecified atom stereocenters. The quantitative estimate of drug-likeness (QED) is 0.745. The first-order chi connectivity index (χ1) is 9.81. The number of fused-ring (bicyclic) bond motifs is 1. The molecular formula is C14H14N4OS. The maximum absolute atomic E-state index is 8.98. The van der Waals surface area contributed by atoms with E-state index < -0.39 is 0 Å². The molecule has 0 atom stereocenters. The second-order valence-corrected chi connectivity index (χ2v) is 5.35. The van der Waals surface area contributed by atoms with E-state index in [1.165, 1.54) is 11.8 Å². The number of hydrogen-bond acceptors (Lipinski definition) is 5. The first kappa shape index (κ1) is 13.1. The van der Waals surface area contributed by atoms with Crippen LogP contribution in [0.1, 0.15) is 5.82 Å². The number of hydrogen-bond donors (Lipinski definition) is 1. The van der Waals surface area contributed by atoms with Crippen molar-refractivity contribution < 1.29 is 5.11 Å². The Morgan fingerprint density at radius 3 is 2.90 bits per heavy atom. The van der Waals surface area contributed by atoms with E-state index in [-0.39, 0.29) is 6.61 Å². The lowest BCUT2D eigenvalue weighted by Crippen LogP contribution is -2.02. The number of aromatic nitrogens is 4. The fourth-order valence-electron chi connectivity index (χ4n) is 2.12. The number of pyridine rings is 1. The van der Waals surface area contributed by atoms with E-state index in [0.29, 0.717) is 5.75 Å². The van der Waals surface area contributed by atoms with E-state index in [2.05, 4.69) is 15.2 Å². The van der Waals surface area contributed by atoms with Crippen LogP contribution in [0.15, 0.2) is 41.7 Å². The van der Waals surface area contributed by atoms with Gasteiger partial charge in [-0.05, 0) is 19.1 Å². The zero-order valence-electron chi connectivity index (χ0n) is 11.0. The summed E-state index contributed by atoms with van der Waals surface area (Å²) >= 11 is 1.48. The van der Waals surface area contributed by atoms with E-state index in [1.54, 1.807) is 6.20 Å². The maximum Gasteiger partial charge on any atom is 0.195 e. The van der Waals surface area contributed by atoms with Crippen LogP contribution in [0.25, 0.3) is 16.6 Å². The highest BCUT2D eigenvalue weighted by atomic mass is 32.2. The molecule has 6 heteroatoms. The Hall–Kier alpha value is -1.92. The first-order valence-corrected chi connectivity index (χ1v) is 7.29. The fourth-order valence-corrected chi connectivity index (χ4v) is 2.85. The zero-order chi connectivity index (χ0) is 13.9. The van der Waals surface area contributed by atoms with Gasteiger partial charge in [-0.3, -0.25) is 9.55 Å². The van der Waals surface area contributed by atoms with Gasteiger partial charge in [-0.15, -0.1) is 10.2 Å². The van der Waals surface area contributed by atoms with Crippen LogP contribution in [0.2, 0.25) is 0 Å². The molecule has 3 rings (SSSR count). The van der Waals surface area contributed by atoms with E-state index >= 15 is 0 Å². The van der Waals surface area contributed by atoms with Crippen molar-refractivity contribution in [2.24, 2.45) is 0 Å². The van der Waals surface area contributed by atoms with Crippen molar-refractivity contribution in [3.05, 3.63) is 42.4 Å². The molecule has 0 bridgehead atoms. The minimum absolute atomic E-state index is 0.115. The third-order valence-electron chi connectivity index (χ3n) is 2.97. The van der Waals surface area contributed by atoms with Gasteiger partial charge < -0.3 is 5.11 Å². The van der Waals surface area contributed by atoms with Crippen LogP contribution in [-0.2, 0) is 0 Å². The summed E-state index contributed by atoms with van der Waals surface area (Å²) in [6, 6.07) is 10.00. The minimum Gasteiger partial charge on any atom is -0.396 e. The van der Waals surface area contributed by atoms with Crippen molar-refractivity contribution in [2.75, 3.05) is 12.4 Å². The van der Waals surface area contributed by atoms with Crippen LogP contribution in [0.5, 0.6) is 0 Å². The van der Waals surface area contributed by atoms with Crippen LogP contribution < -0.4 is 0 Å². The molecule has 3 aromatic rings. The van der Waals surface area contributed by atoms with Crippen molar-refractivity contribution in [1.29, 1.82) is 0 Å². The van der Waals surface area contributed by atoms with Crippen LogP contribution in [0, 0.1) is 6.92 Å². The largest absolute Gasteiger partial charge is 0.396 e. The fraction of sp³-hybridized carbons (Fsp3) is 0.214. The summed E-state index contributed by atoms with van der Waals surface area (Å²) in [5, 5.41) is 19.1. The molecule has 20 heavy (non-hydrogen) atoms. The molecule has 0 radical (unpaired) electrons. The van der Waals surface area contributed by atoms with Gasteiger partial charge in [-0.1, -0.05) is 30.0 Å². The van der Waals surface area contributed by atoms with E-state index in [4.69, 9.17) is 5.11 Å². The number of nitrogens with zero attached hydrogens (tertiary/aromatic N) is 4. The van der Waals surface area contributed by atoms with E-state index in [0.717, 1.165) is 27.6 Å². The Balaban J connectivity index is 2.18. The number of thioether (sulfide) groups is 1. The van der Waals surface area contributed by atoms with Crippen molar-refractivity contribution in [2.45, 2.75) is 12.1 Å². The van der Waals surface area contributed by atoms with Gasteiger partial charge in [0.25, 0.3) is 0 Å². The number of aryl methyl sites for hydroxylation is 1. The molecule has 2 aromatic heterocycles. The molecule has 0 saturated carbocycles. The molecule has 0 fully saturated rings. The third kappa shape index (κ3) is 2.28. The molecule has 0 spiro atoms. The molecular weight excluding hydrogens is 272 g/mol. The number of aliphatic hydroxyl groups is 1.